The molecule has 1 aromatic rings. The zero-order valence-electron chi connectivity index (χ0n) is 9.96. The highest BCUT2D eigenvalue weighted by Gasteiger charge is 2.21. The Balaban J connectivity index is 1.81. The fraction of sp³-hybridized carbons (Fsp3) is 0.462. The lowest BCUT2D eigenvalue weighted by Gasteiger charge is -2.31. The summed E-state index contributed by atoms with van der Waals surface area (Å²) in [6.07, 6.45) is 0.115. The molecule has 2 rings (SSSR count). The Morgan fingerprint density at radius 1 is 1.47 bits per heavy atom. The van der Waals surface area contributed by atoms with Crippen LogP contribution in [-0.4, -0.2) is 43.2 Å². The van der Waals surface area contributed by atoms with E-state index in [2.05, 4.69) is 0 Å². The van der Waals surface area contributed by atoms with E-state index in [1.807, 2.05) is 37.3 Å². The minimum Gasteiger partial charge on any atom is -0.484 e. The van der Waals surface area contributed by atoms with Gasteiger partial charge in [-0.1, -0.05) is 18.2 Å². The number of hydrogen-bond acceptors (Lipinski definition) is 3. The zero-order valence-corrected chi connectivity index (χ0v) is 9.96. The number of carbonyl (C=O) groups excluding carboxylic acids is 1. The molecule has 17 heavy (non-hydrogen) atoms. The van der Waals surface area contributed by atoms with E-state index in [1.165, 1.54) is 0 Å². The fourth-order valence-corrected chi connectivity index (χ4v) is 1.80. The van der Waals surface area contributed by atoms with Gasteiger partial charge in [-0.15, -0.1) is 0 Å². The normalized spacial score (nSPS) is 20.1. The number of morpholine rings is 1. The molecule has 0 aliphatic carbocycles. The average molecular weight is 235 g/mol. The number of hydrogen-bond donors (Lipinski definition) is 0. The molecule has 1 amide bonds. The molecule has 0 spiro atoms. The van der Waals surface area contributed by atoms with Gasteiger partial charge in [-0.3, -0.25) is 4.79 Å². The van der Waals surface area contributed by atoms with E-state index in [-0.39, 0.29) is 18.6 Å². The first-order valence-electron chi connectivity index (χ1n) is 5.83. The molecule has 1 heterocycles. The lowest BCUT2D eigenvalue weighted by atomic mass is 10.3. The van der Waals surface area contributed by atoms with Crippen LogP contribution in [0.2, 0.25) is 0 Å². The van der Waals surface area contributed by atoms with E-state index in [9.17, 15) is 4.79 Å². The molecule has 92 valence electrons. The molecule has 0 unspecified atom stereocenters. The highest BCUT2D eigenvalue weighted by Crippen LogP contribution is 2.09. The van der Waals surface area contributed by atoms with Gasteiger partial charge in [0, 0.05) is 13.1 Å². The molecule has 0 radical (unpaired) electrons. The van der Waals surface area contributed by atoms with Crippen molar-refractivity contribution in [3.63, 3.8) is 0 Å². The summed E-state index contributed by atoms with van der Waals surface area (Å²) in [7, 11) is 0. The summed E-state index contributed by atoms with van der Waals surface area (Å²) >= 11 is 0. The molecule has 0 aromatic heterocycles. The van der Waals surface area contributed by atoms with Crippen molar-refractivity contribution in [2.75, 3.05) is 26.3 Å². The van der Waals surface area contributed by atoms with Gasteiger partial charge in [-0.2, -0.15) is 0 Å². The smallest absolute Gasteiger partial charge is 0.260 e. The van der Waals surface area contributed by atoms with Crippen LogP contribution in [0.15, 0.2) is 30.3 Å². The standard InChI is InChI=1S/C13H17NO3/c1-11-9-14(7-8-16-11)13(15)10-17-12-5-3-2-4-6-12/h2-6,11H,7-10H2,1H3/t11-/m1/s1. The average Bonchev–Trinajstić information content (AvgIpc) is 2.37. The minimum atomic E-state index is 0.0176. The van der Waals surface area contributed by atoms with Crippen molar-refractivity contribution < 1.29 is 14.3 Å². The van der Waals surface area contributed by atoms with Crippen molar-refractivity contribution in [2.45, 2.75) is 13.0 Å². The molecule has 1 atom stereocenters. The minimum absolute atomic E-state index is 0.0176. The van der Waals surface area contributed by atoms with E-state index >= 15 is 0 Å². The molecule has 4 heteroatoms. The number of carbonyl (C=O) groups is 1. The molecule has 1 aliphatic heterocycles. The molecule has 1 saturated heterocycles. The number of amides is 1. The predicted molar refractivity (Wildman–Crippen MR) is 63.9 cm³/mol. The Morgan fingerprint density at radius 2 is 2.24 bits per heavy atom. The summed E-state index contributed by atoms with van der Waals surface area (Å²) in [5.74, 6) is 0.742. The maximum atomic E-state index is 11.9. The number of nitrogens with zero attached hydrogens (tertiary/aromatic N) is 1. The van der Waals surface area contributed by atoms with Gasteiger partial charge in [0.15, 0.2) is 6.61 Å². The van der Waals surface area contributed by atoms with Gasteiger partial charge in [-0.05, 0) is 19.1 Å². The van der Waals surface area contributed by atoms with Crippen molar-refractivity contribution in [3.8, 4) is 5.75 Å². The third kappa shape index (κ3) is 3.46. The predicted octanol–water partition coefficient (Wildman–Crippen LogP) is 1.31. The summed E-state index contributed by atoms with van der Waals surface area (Å²) in [5.41, 5.74) is 0. The van der Waals surface area contributed by atoms with Gasteiger partial charge in [0.25, 0.3) is 5.91 Å². The van der Waals surface area contributed by atoms with E-state index in [4.69, 9.17) is 9.47 Å². The molecular weight excluding hydrogens is 218 g/mol. The van der Waals surface area contributed by atoms with E-state index in [0.29, 0.717) is 19.7 Å². The van der Waals surface area contributed by atoms with Gasteiger partial charge in [-0.25, -0.2) is 0 Å². The number of benzene rings is 1. The van der Waals surface area contributed by atoms with Crippen LogP contribution in [0, 0.1) is 0 Å². The zero-order chi connectivity index (χ0) is 12.1. The Hall–Kier alpha value is -1.55. The largest absolute Gasteiger partial charge is 0.484 e. The maximum Gasteiger partial charge on any atom is 0.260 e. The summed E-state index contributed by atoms with van der Waals surface area (Å²) in [6, 6.07) is 9.37. The van der Waals surface area contributed by atoms with Crippen LogP contribution in [0.1, 0.15) is 6.92 Å². The van der Waals surface area contributed by atoms with Gasteiger partial charge in [0.2, 0.25) is 0 Å². The van der Waals surface area contributed by atoms with Crippen molar-refractivity contribution >= 4 is 5.91 Å². The lowest BCUT2D eigenvalue weighted by molar-refractivity contribution is -0.140. The van der Waals surface area contributed by atoms with Gasteiger partial charge >= 0.3 is 0 Å². The Morgan fingerprint density at radius 3 is 2.94 bits per heavy atom. The molecule has 0 saturated carbocycles. The Bertz CT molecular complexity index is 366. The molecule has 0 N–H and O–H groups in total. The van der Waals surface area contributed by atoms with Crippen LogP contribution in [-0.2, 0) is 9.53 Å². The van der Waals surface area contributed by atoms with E-state index in [0.717, 1.165) is 5.75 Å². The summed E-state index contributed by atoms with van der Waals surface area (Å²) in [5, 5.41) is 0. The van der Waals surface area contributed by atoms with E-state index in [1.54, 1.807) is 4.90 Å². The van der Waals surface area contributed by atoms with Crippen LogP contribution >= 0.6 is 0 Å². The van der Waals surface area contributed by atoms with Crippen molar-refractivity contribution in [2.24, 2.45) is 0 Å². The third-order valence-electron chi connectivity index (χ3n) is 2.70. The molecule has 1 aromatic carbocycles. The lowest BCUT2D eigenvalue weighted by Crippen LogP contribution is -2.46. The highest BCUT2D eigenvalue weighted by molar-refractivity contribution is 5.77. The van der Waals surface area contributed by atoms with Crippen LogP contribution in [0.4, 0.5) is 0 Å². The second-order valence-electron chi connectivity index (χ2n) is 4.12. The maximum absolute atomic E-state index is 11.9. The van der Waals surface area contributed by atoms with Crippen molar-refractivity contribution in [1.82, 2.24) is 4.90 Å². The SMILES string of the molecule is C[C@@H]1CN(C(=O)COc2ccccc2)CCO1. The monoisotopic (exact) mass is 235 g/mol. The first-order valence-corrected chi connectivity index (χ1v) is 5.83. The van der Waals surface area contributed by atoms with Crippen molar-refractivity contribution in [1.29, 1.82) is 0 Å². The summed E-state index contributed by atoms with van der Waals surface area (Å²) in [6.45, 7) is 3.98. The Kier molecular flexibility index (Phi) is 3.98. The molecule has 1 fully saturated rings. The van der Waals surface area contributed by atoms with Gasteiger partial charge < -0.3 is 14.4 Å². The van der Waals surface area contributed by atoms with Crippen LogP contribution < -0.4 is 4.74 Å². The Labute approximate surface area is 101 Å². The quantitative estimate of drug-likeness (QED) is 0.793. The fourth-order valence-electron chi connectivity index (χ4n) is 1.80. The number of rotatable bonds is 3. The molecule has 0 bridgehead atoms. The number of para-hydroxylation sites is 1. The topological polar surface area (TPSA) is 38.8 Å². The van der Waals surface area contributed by atoms with Gasteiger partial charge in [0.05, 0.1) is 12.7 Å². The first kappa shape index (κ1) is 11.9. The van der Waals surface area contributed by atoms with Gasteiger partial charge in [0.1, 0.15) is 5.75 Å². The van der Waals surface area contributed by atoms with Crippen LogP contribution in [0.3, 0.4) is 0 Å². The highest BCUT2D eigenvalue weighted by atomic mass is 16.5. The molecule has 1 aliphatic rings. The van der Waals surface area contributed by atoms with Crippen LogP contribution in [0.25, 0.3) is 0 Å². The summed E-state index contributed by atoms with van der Waals surface area (Å²) in [4.78, 5) is 13.7. The first-order chi connectivity index (χ1) is 8.25. The summed E-state index contributed by atoms with van der Waals surface area (Å²) < 4.78 is 10.8. The third-order valence-corrected chi connectivity index (χ3v) is 2.70. The van der Waals surface area contributed by atoms with Crippen molar-refractivity contribution in [3.05, 3.63) is 30.3 Å². The second kappa shape index (κ2) is 5.68. The molecule has 4 nitrogen and oxygen atoms in total. The second-order valence-corrected chi connectivity index (χ2v) is 4.12. The molecular formula is C13H17NO3. The number of ether oxygens (including phenoxy) is 2. The van der Waals surface area contributed by atoms with Crippen LogP contribution in [0.5, 0.6) is 5.75 Å². The van der Waals surface area contributed by atoms with E-state index < -0.39 is 0 Å².